The molecule has 4 N–H and O–H groups in total. The minimum atomic E-state index is -4.56. The maximum Gasteiger partial charge on any atom is 0.419 e. The summed E-state index contributed by atoms with van der Waals surface area (Å²) < 4.78 is 58.6. The summed E-state index contributed by atoms with van der Waals surface area (Å²) in [6, 6.07) is 11.9. The van der Waals surface area contributed by atoms with Crippen molar-refractivity contribution in [1.82, 2.24) is 0 Å². The molecule has 2 rings (SSSR count). The number of hydrogen-bond donors (Lipinski definition) is 3. The van der Waals surface area contributed by atoms with Crippen molar-refractivity contribution in [2.75, 3.05) is 19.9 Å². The molecule has 0 aliphatic heterocycles. The van der Waals surface area contributed by atoms with E-state index in [4.69, 9.17) is 15.4 Å². The van der Waals surface area contributed by atoms with Gasteiger partial charge in [0.25, 0.3) is 0 Å². The van der Waals surface area contributed by atoms with Gasteiger partial charge in [0.15, 0.2) is 0 Å². The number of aryl methyl sites for hydroxylation is 3. The topological polar surface area (TPSA) is 75.7 Å². The molecule has 32 heavy (non-hydrogen) atoms. The first-order valence-corrected chi connectivity index (χ1v) is 10.8. The van der Waals surface area contributed by atoms with Gasteiger partial charge in [-0.25, -0.2) is 0 Å². The normalized spacial score (nSPS) is 13.2. The summed E-state index contributed by atoms with van der Waals surface area (Å²) in [7, 11) is 1.42. The Balaban J connectivity index is 0.00000249. The molecule has 180 valence electrons. The van der Waals surface area contributed by atoms with E-state index in [0.29, 0.717) is 12.0 Å². The van der Waals surface area contributed by atoms with E-state index in [1.807, 2.05) is 31.2 Å². The van der Waals surface area contributed by atoms with Gasteiger partial charge in [-0.1, -0.05) is 35.9 Å². The number of ether oxygens (including phenoxy) is 1. The second-order valence-corrected chi connectivity index (χ2v) is 7.73. The molecule has 0 saturated heterocycles. The molecule has 0 heterocycles. The minimum absolute atomic E-state index is 0.0439. The van der Waals surface area contributed by atoms with Crippen LogP contribution in [0.4, 0.5) is 17.6 Å². The van der Waals surface area contributed by atoms with Crippen molar-refractivity contribution in [3.8, 4) is 5.75 Å². The van der Waals surface area contributed by atoms with E-state index in [0.717, 1.165) is 23.6 Å². The van der Waals surface area contributed by atoms with Gasteiger partial charge in [0.1, 0.15) is 5.75 Å². The zero-order valence-electron chi connectivity index (χ0n) is 18.2. The highest BCUT2D eigenvalue weighted by Crippen LogP contribution is 2.37. The third-order valence-electron chi connectivity index (χ3n) is 5.12. The molecule has 4 nitrogen and oxygen atoms in total. The van der Waals surface area contributed by atoms with E-state index in [1.165, 1.54) is 15.5 Å². The number of halogens is 4. The van der Waals surface area contributed by atoms with E-state index in [1.54, 1.807) is 6.07 Å². The van der Waals surface area contributed by atoms with E-state index < -0.39 is 30.6 Å². The second kappa shape index (κ2) is 13.7. The van der Waals surface area contributed by atoms with Gasteiger partial charge in [-0.15, -0.1) is 0 Å². The third kappa shape index (κ3) is 9.41. The summed E-state index contributed by atoms with van der Waals surface area (Å²) in [6.07, 6.45) is -2.90. The van der Waals surface area contributed by atoms with Crippen LogP contribution in [0.2, 0.25) is 0 Å². The Morgan fingerprint density at radius 2 is 1.69 bits per heavy atom. The van der Waals surface area contributed by atoms with Crippen molar-refractivity contribution >= 4 is 9.47 Å². The fourth-order valence-corrected chi connectivity index (χ4v) is 3.27. The molecular formula is C23H32F4NO3P. The van der Waals surface area contributed by atoms with Crippen LogP contribution in [0.15, 0.2) is 42.5 Å². The van der Waals surface area contributed by atoms with E-state index in [-0.39, 0.29) is 31.6 Å². The largest absolute Gasteiger partial charge is 0.493 e. The Hall–Kier alpha value is -1.73. The molecule has 0 aliphatic carbocycles. The average Bonchev–Trinajstić information content (AvgIpc) is 2.77. The number of aliphatic hydroxyl groups is 1. The first-order valence-electron chi connectivity index (χ1n) is 10.3. The van der Waals surface area contributed by atoms with Crippen molar-refractivity contribution < 1.29 is 32.3 Å². The predicted molar refractivity (Wildman–Crippen MR) is 121 cm³/mol. The zero-order chi connectivity index (χ0) is 24.2. The van der Waals surface area contributed by atoms with Gasteiger partial charge in [-0.3, -0.25) is 4.39 Å². The molecule has 0 radical (unpaired) electrons. The quantitative estimate of drug-likeness (QED) is 0.248. The Labute approximate surface area is 189 Å². The van der Waals surface area contributed by atoms with Crippen molar-refractivity contribution in [3.63, 3.8) is 0 Å². The first kappa shape index (κ1) is 28.3. The number of aliphatic hydroxyl groups excluding tert-OH is 1. The first-order chi connectivity index (χ1) is 15.2. The van der Waals surface area contributed by atoms with Crippen molar-refractivity contribution in [3.05, 3.63) is 64.7 Å². The Kier molecular flexibility index (Phi) is 12.1. The van der Waals surface area contributed by atoms with Gasteiger partial charge in [-0.05, 0) is 71.8 Å². The molecule has 0 aliphatic rings. The predicted octanol–water partition coefficient (Wildman–Crippen LogP) is 4.78. The highest BCUT2D eigenvalue weighted by Gasteiger charge is 2.35. The number of alkyl halides is 4. The zero-order valence-corrected chi connectivity index (χ0v) is 19.3. The Morgan fingerprint density at radius 3 is 2.28 bits per heavy atom. The molecule has 0 amide bonds. The van der Waals surface area contributed by atoms with Gasteiger partial charge in [-0.2, -0.15) is 13.2 Å². The van der Waals surface area contributed by atoms with E-state index >= 15 is 0 Å². The maximum atomic E-state index is 13.5. The molecule has 0 saturated carbocycles. The molecule has 0 fully saturated rings. The number of hydrogen-bond acceptors (Lipinski definition) is 4. The molecule has 2 aromatic rings. The van der Waals surface area contributed by atoms with Gasteiger partial charge < -0.3 is 20.5 Å². The summed E-state index contributed by atoms with van der Waals surface area (Å²) in [5, 5.41) is 9.35. The minimum Gasteiger partial charge on any atom is -0.493 e. The van der Waals surface area contributed by atoms with Crippen LogP contribution in [-0.2, 0) is 19.0 Å². The van der Waals surface area contributed by atoms with Crippen LogP contribution in [0, 0.1) is 6.92 Å². The molecule has 2 atom stereocenters. The number of benzene rings is 2. The highest BCUT2D eigenvalue weighted by atomic mass is 31.0. The van der Waals surface area contributed by atoms with Crippen LogP contribution in [0.3, 0.4) is 0 Å². The highest BCUT2D eigenvalue weighted by molar-refractivity contribution is 7.08. The van der Waals surface area contributed by atoms with Crippen molar-refractivity contribution in [2.24, 2.45) is 5.73 Å². The molecule has 0 bridgehead atoms. The fourth-order valence-electron chi connectivity index (χ4n) is 3.27. The van der Waals surface area contributed by atoms with Crippen LogP contribution in [0.25, 0.3) is 0 Å². The summed E-state index contributed by atoms with van der Waals surface area (Å²) in [5.74, 6) is -0.208. The van der Waals surface area contributed by atoms with Crippen LogP contribution in [0.5, 0.6) is 5.75 Å². The molecule has 9 heteroatoms. The summed E-state index contributed by atoms with van der Waals surface area (Å²) in [5.41, 5.74) is 6.60. The molecule has 0 spiro atoms. The smallest absolute Gasteiger partial charge is 0.419 e. The van der Waals surface area contributed by atoms with Crippen LogP contribution >= 0.6 is 9.47 Å². The maximum absolute atomic E-state index is 13.5. The van der Waals surface area contributed by atoms with Crippen LogP contribution < -0.4 is 10.5 Å². The number of nitrogens with two attached hydrogens (primary N) is 1. The van der Waals surface area contributed by atoms with Crippen LogP contribution in [-0.4, -0.2) is 35.4 Å². The van der Waals surface area contributed by atoms with Gasteiger partial charge >= 0.3 is 6.18 Å². The molecule has 0 aromatic heterocycles. The van der Waals surface area contributed by atoms with E-state index in [9.17, 15) is 22.7 Å². The Morgan fingerprint density at radius 1 is 1.00 bits per heavy atom. The Bertz CT molecular complexity index is 820. The lowest BCUT2D eigenvalue weighted by atomic mass is 9.90. The van der Waals surface area contributed by atoms with Gasteiger partial charge in [0, 0.05) is 5.54 Å². The monoisotopic (exact) mass is 477 g/mol. The molecular weight excluding hydrogens is 445 g/mol. The SMILES string of the molecule is Cc1cccc(CCCOc2ccc(CCC(N)(CO)CCF)cc2C(F)(F)F)c1.OP. The second-order valence-electron chi connectivity index (χ2n) is 7.73. The average molecular weight is 477 g/mol. The van der Waals surface area contributed by atoms with Gasteiger partial charge in [0.05, 0.1) is 25.5 Å². The summed E-state index contributed by atoms with van der Waals surface area (Å²) in [6.45, 7) is 1.04. The van der Waals surface area contributed by atoms with Gasteiger partial charge in [0.2, 0.25) is 0 Å². The lowest BCUT2D eigenvalue weighted by molar-refractivity contribution is -0.139. The summed E-state index contributed by atoms with van der Waals surface area (Å²) >= 11 is 0. The molecule has 2 unspecified atom stereocenters. The lowest BCUT2D eigenvalue weighted by Gasteiger charge is -2.26. The van der Waals surface area contributed by atoms with Crippen molar-refractivity contribution in [1.29, 1.82) is 0 Å². The third-order valence-corrected chi connectivity index (χ3v) is 5.12. The fraction of sp³-hybridized carbons (Fsp3) is 0.478. The summed E-state index contributed by atoms with van der Waals surface area (Å²) in [4.78, 5) is 6.92. The number of rotatable bonds is 11. The standard InChI is InChI=1S/C23H29F4NO2.H3OP/c1-17-4-2-5-18(14-17)6-3-13-30-21-8-7-19(15-20(21)23(25,26)27)9-10-22(28,16-29)11-12-24;1-2/h2,4-5,7-8,14-15,29H,3,6,9-13,16,28H2,1H3;1H,2H2. The lowest BCUT2D eigenvalue weighted by Crippen LogP contribution is -2.44. The molecule has 2 aromatic carbocycles. The van der Waals surface area contributed by atoms with E-state index in [2.05, 4.69) is 0 Å². The van der Waals surface area contributed by atoms with Crippen LogP contribution in [0.1, 0.15) is 41.5 Å². The van der Waals surface area contributed by atoms with Crippen molar-refractivity contribution in [2.45, 2.75) is 50.7 Å².